The number of imide groups is 2. The fraction of sp³-hybridized carbons (Fsp3) is 0.143. The highest BCUT2D eigenvalue weighted by Crippen LogP contribution is 2.46. The number of carbonyl (C=O) groups excluding carboxylic acids is 4. The minimum absolute atomic E-state index is 0.0155. The van der Waals surface area contributed by atoms with E-state index in [1.165, 1.54) is 0 Å². The van der Waals surface area contributed by atoms with Crippen LogP contribution in [0.2, 0.25) is 0 Å². The smallest absolute Gasteiger partial charge is 0.262 e. The van der Waals surface area contributed by atoms with Crippen LogP contribution in [-0.2, 0) is 0 Å². The number of hydrogen-bond acceptors (Lipinski definition) is 7. The third kappa shape index (κ3) is 2.62. The summed E-state index contributed by atoms with van der Waals surface area (Å²) in [4.78, 5) is 55.2. The maximum Gasteiger partial charge on any atom is 0.262 e. The monoisotopic (exact) mass is 492 g/mol. The Morgan fingerprint density at radius 1 is 0.595 bits per heavy atom. The number of fused-ring (bicyclic) bond motifs is 2. The molecule has 0 saturated carbocycles. The van der Waals surface area contributed by atoms with Gasteiger partial charge in [-0.2, -0.15) is 0 Å². The first-order chi connectivity index (χ1) is 18.0. The quantitative estimate of drug-likeness (QED) is 0.148. The molecule has 9 heteroatoms. The summed E-state index contributed by atoms with van der Waals surface area (Å²) >= 11 is 0. The van der Waals surface area contributed by atoms with Crippen molar-refractivity contribution in [3.63, 3.8) is 0 Å². The van der Waals surface area contributed by atoms with Crippen LogP contribution in [0, 0.1) is 0 Å². The zero-order chi connectivity index (χ0) is 25.6. The number of nitrogens with two attached hydrogens (primary N) is 1. The summed E-state index contributed by atoms with van der Waals surface area (Å²) in [7, 11) is 0. The lowest BCUT2D eigenvalue weighted by atomic mass is 9.82. The second kappa shape index (κ2) is 7.53. The Bertz CT molecular complexity index is 1760. The second-order valence-corrected chi connectivity index (χ2v) is 9.28. The molecule has 2 aliphatic heterocycles. The molecule has 0 atom stereocenters. The standard InChI is InChI=1S/C28H20N4O5/c29-11-30-12-32-27(36)19-7-3-15-13-1-5-17-23-18(26(35)31(9-10-33)25(17)34)6-2-14(21(13)23)16-4-8-20(28(32)37)24(19)22(15)16/h1-8,30,33H,9-12,29H2. The first-order valence-corrected chi connectivity index (χ1v) is 11.9. The molecule has 5 aromatic rings. The highest BCUT2D eigenvalue weighted by atomic mass is 16.3. The van der Waals surface area contributed by atoms with Gasteiger partial charge in [0.2, 0.25) is 0 Å². The molecule has 0 radical (unpaired) electrons. The Balaban J connectivity index is 1.58. The maximum atomic E-state index is 13.3. The van der Waals surface area contributed by atoms with Gasteiger partial charge in [-0.15, -0.1) is 0 Å². The molecule has 4 amide bonds. The second-order valence-electron chi connectivity index (χ2n) is 9.28. The maximum absolute atomic E-state index is 13.3. The fourth-order valence-corrected chi connectivity index (χ4v) is 5.99. The van der Waals surface area contributed by atoms with Gasteiger partial charge < -0.3 is 10.8 Å². The molecule has 0 fully saturated rings. The van der Waals surface area contributed by atoms with Crippen LogP contribution in [0.3, 0.4) is 0 Å². The van der Waals surface area contributed by atoms with E-state index in [-0.39, 0.29) is 26.5 Å². The first-order valence-electron chi connectivity index (χ1n) is 11.9. The molecule has 182 valence electrons. The van der Waals surface area contributed by atoms with E-state index in [4.69, 9.17) is 5.73 Å². The van der Waals surface area contributed by atoms with Gasteiger partial charge in [0, 0.05) is 39.7 Å². The highest BCUT2D eigenvalue weighted by Gasteiger charge is 2.36. The first kappa shape index (κ1) is 21.8. The number of hydrogen-bond donors (Lipinski definition) is 3. The van der Waals surface area contributed by atoms with Crippen molar-refractivity contribution in [2.24, 2.45) is 5.73 Å². The lowest BCUT2D eigenvalue weighted by Crippen LogP contribution is -2.46. The molecule has 37 heavy (non-hydrogen) atoms. The summed E-state index contributed by atoms with van der Waals surface area (Å²) in [5, 5.41) is 18.3. The lowest BCUT2D eigenvalue weighted by molar-refractivity contribution is 0.0572. The summed E-state index contributed by atoms with van der Waals surface area (Å²) in [5.41, 5.74) is 7.21. The van der Waals surface area contributed by atoms with E-state index in [0.717, 1.165) is 42.1 Å². The molecule has 0 aromatic heterocycles. The molecular weight excluding hydrogens is 472 g/mol. The van der Waals surface area contributed by atoms with E-state index in [2.05, 4.69) is 5.32 Å². The Labute approximate surface area is 209 Å². The molecule has 0 bridgehead atoms. The Morgan fingerprint density at radius 2 is 0.973 bits per heavy atom. The van der Waals surface area contributed by atoms with Crippen molar-refractivity contribution in [1.29, 1.82) is 0 Å². The number of nitrogens with one attached hydrogen (secondary N) is 1. The molecule has 0 unspecified atom stereocenters. The SMILES string of the molecule is NCNCN1C(=O)c2ccc3c4ccc5c6c(ccc(c7ccc(c2c37)C1=O)c64)C(=O)N(CCO)C5=O. The normalized spacial score (nSPS) is 15.4. The van der Waals surface area contributed by atoms with E-state index in [1.807, 2.05) is 24.3 Å². The predicted octanol–water partition coefficient (Wildman–Crippen LogP) is 2.38. The largest absolute Gasteiger partial charge is 0.395 e. The average Bonchev–Trinajstić information content (AvgIpc) is 2.91. The number of β-amino-alcohol motifs (C(OH)–C–C–N with tert-alkyl or cyclic N) is 1. The van der Waals surface area contributed by atoms with Crippen molar-refractivity contribution < 1.29 is 24.3 Å². The summed E-state index contributed by atoms with van der Waals surface area (Å²) in [5.74, 6) is -1.65. The summed E-state index contributed by atoms with van der Waals surface area (Å²) in [6, 6.07) is 14.3. The van der Waals surface area contributed by atoms with E-state index in [9.17, 15) is 24.3 Å². The van der Waals surface area contributed by atoms with E-state index in [1.54, 1.807) is 24.3 Å². The van der Waals surface area contributed by atoms with E-state index < -0.39 is 23.6 Å². The molecule has 5 aromatic carbocycles. The van der Waals surface area contributed by atoms with E-state index in [0.29, 0.717) is 33.0 Å². The van der Waals surface area contributed by atoms with Crippen molar-refractivity contribution in [3.8, 4) is 0 Å². The van der Waals surface area contributed by atoms with Crippen LogP contribution in [0.15, 0.2) is 48.5 Å². The molecule has 2 heterocycles. The Hall–Kier alpha value is -4.44. The van der Waals surface area contributed by atoms with E-state index >= 15 is 0 Å². The molecular formula is C28H20N4O5. The van der Waals surface area contributed by atoms with Crippen molar-refractivity contribution in [1.82, 2.24) is 15.1 Å². The third-order valence-electron chi connectivity index (χ3n) is 7.54. The van der Waals surface area contributed by atoms with Crippen LogP contribution in [0.25, 0.3) is 43.1 Å². The molecule has 0 aliphatic carbocycles. The highest BCUT2D eigenvalue weighted by molar-refractivity contribution is 6.41. The van der Waals surface area contributed by atoms with Crippen molar-refractivity contribution in [2.75, 3.05) is 26.5 Å². The number of amides is 4. The lowest BCUT2D eigenvalue weighted by Gasteiger charge is -2.30. The number of aliphatic hydroxyl groups is 1. The Morgan fingerprint density at radius 3 is 1.32 bits per heavy atom. The van der Waals surface area contributed by atoms with Crippen LogP contribution in [-0.4, -0.2) is 65.0 Å². The van der Waals surface area contributed by atoms with Crippen molar-refractivity contribution >= 4 is 66.7 Å². The summed E-state index contributed by atoms with van der Waals surface area (Å²) in [6.45, 7) is -0.245. The van der Waals surface area contributed by atoms with Gasteiger partial charge in [0.25, 0.3) is 23.6 Å². The topological polar surface area (TPSA) is 133 Å². The number of benzene rings is 5. The number of aliphatic hydroxyl groups excluding tert-OH is 1. The average molecular weight is 492 g/mol. The van der Waals surface area contributed by atoms with Crippen molar-refractivity contribution in [3.05, 3.63) is 70.8 Å². The van der Waals surface area contributed by atoms with Gasteiger partial charge in [-0.25, -0.2) is 0 Å². The number of nitrogens with zero attached hydrogens (tertiary/aromatic N) is 2. The number of rotatable bonds is 5. The molecule has 4 N–H and O–H groups in total. The van der Waals surface area contributed by atoms with Crippen molar-refractivity contribution in [2.45, 2.75) is 0 Å². The molecule has 2 aliphatic rings. The van der Waals surface area contributed by atoms with Gasteiger partial charge in [0.05, 0.1) is 19.8 Å². The predicted molar refractivity (Wildman–Crippen MR) is 138 cm³/mol. The minimum atomic E-state index is -0.436. The fourth-order valence-electron chi connectivity index (χ4n) is 5.99. The zero-order valence-corrected chi connectivity index (χ0v) is 19.5. The van der Waals surface area contributed by atoms with Gasteiger partial charge in [-0.05, 0) is 56.6 Å². The van der Waals surface area contributed by atoms with Gasteiger partial charge >= 0.3 is 0 Å². The molecule has 7 rings (SSSR count). The number of carbonyl (C=O) groups is 4. The molecule has 0 spiro atoms. The van der Waals surface area contributed by atoms with Crippen LogP contribution in [0.5, 0.6) is 0 Å². The van der Waals surface area contributed by atoms with Crippen LogP contribution in [0.1, 0.15) is 41.4 Å². The van der Waals surface area contributed by atoms with Crippen LogP contribution >= 0.6 is 0 Å². The summed E-state index contributed by atoms with van der Waals surface area (Å²) in [6.07, 6.45) is 0. The molecule has 9 nitrogen and oxygen atoms in total. The zero-order valence-electron chi connectivity index (χ0n) is 19.5. The summed E-state index contributed by atoms with van der Waals surface area (Å²) < 4.78 is 0. The van der Waals surface area contributed by atoms with Gasteiger partial charge in [-0.1, -0.05) is 24.3 Å². The third-order valence-corrected chi connectivity index (χ3v) is 7.54. The minimum Gasteiger partial charge on any atom is -0.395 e. The van der Waals surface area contributed by atoms with Gasteiger partial charge in [0.1, 0.15) is 0 Å². The van der Waals surface area contributed by atoms with Gasteiger partial charge in [-0.3, -0.25) is 34.3 Å². The van der Waals surface area contributed by atoms with Gasteiger partial charge in [0.15, 0.2) is 0 Å². The van der Waals surface area contributed by atoms with Crippen LogP contribution < -0.4 is 11.1 Å². The Kier molecular flexibility index (Phi) is 4.44. The van der Waals surface area contributed by atoms with Crippen LogP contribution in [0.4, 0.5) is 0 Å². The molecule has 0 saturated heterocycles.